The van der Waals surface area contributed by atoms with E-state index in [0.717, 1.165) is 35.7 Å². The Kier molecular flexibility index (Phi) is 6.58. The molecule has 7 heteroatoms. The Bertz CT molecular complexity index is 967. The van der Waals surface area contributed by atoms with Crippen molar-refractivity contribution >= 4 is 15.8 Å². The summed E-state index contributed by atoms with van der Waals surface area (Å²) < 4.78 is 25.3. The number of sulfonamides is 1. The molecule has 1 aromatic heterocycles. The van der Waals surface area contributed by atoms with Gasteiger partial charge in [-0.15, -0.1) is 0 Å². The Morgan fingerprint density at radius 1 is 1.10 bits per heavy atom. The van der Waals surface area contributed by atoms with Crippen molar-refractivity contribution in [2.45, 2.75) is 46.5 Å². The molecule has 0 amide bonds. The van der Waals surface area contributed by atoms with Gasteiger partial charge in [0.05, 0.1) is 6.26 Å². The number of aromatic nitrogens is 2. The van der Waals surface area contributed by atoms with Crippen LogP contribution in [-0.4, -0.2) is 55.1 Å². The van der Waals surface area contributed by atoms with Crippen LogP contribution in [0.2, 0.25) is 0 Å². The number of anilines is 1. The Labute approximate surface area is 175 Å². The number of hydrogen-bond donors (Lipinski definition) is 0. The second-order valence-corrected chi connectivity index (χ2v) is 10.1. The van der Waals surface area contributed by atoms with E-state index in [1.165, 1.54) is 17.4 Å². The molecule has 0 aliphatic carbocycles. The molecule has 1 fully saturated rings. The lowest BCUT2D eigenvalue weighted by Gasteiger charge is -2.35. The zero-order chi connectivity index (χ0) is 21.2. The first-order valence-electron chi connectivity index (χ1n) is 10.3. The summed E-state index contributed by atoms with van der Waals surface area (Å²) in [6.07, 6.45) is 3.04. The van der Waals surface area contributed by atoms with Crippen LogP contribution in [0.4, 0.5) is 5.82 Å². The molecular formula is C22H32N4O2S. The molecule has 1 aliphatic heterocycles. The zero-order valence-electron chi connectivity index (χ0n) is 18.1. The maximum atomic E-state index is 11.9. The summed E-state index contributed by atoms with van der Waals surface area (Å²) in [7, 11) is -3.15. The van der Waals surface area contributed by atoms with Crippen molar-refractivity contribution < 1.29 is 8.42 Å². The largest absolute Gasteiger partial charge is 0.354 e. The van der Waals surface area contributed by atoms with Crippen LogP contribution < -0.4 is 4.90 Å². The first kappa shape index (κ1) is 21.7. The van der Waals surface area contributed by atoms with Crippen LogP contribution in [0.3, 0.4) is 0 Å². The second-order valence-electron chi connectivity index (χ2n) is 8.09. The molecule has 3 rings (SSSR count). The monoisotopic (exact) mass is 416 g/mol. The molecule has 2 heterocycles. The van der Waals surface area contributed by atoms with Crippen molar-refractivity contribution in [1.29, 1.82) is 0 Å². The van der Waals surface area contributed by atoms with Crippen LogP contribution in [0.15, 0.2) is 24.3 Å². The summed E-state index contributed by atoms with van der Waals surface area (Å²) in [5, 5.41) is 0. The predicted molar refractivity (Wildman–Crippen MR) is 118 cm³/mol. The Hall–Kier alpha value is -1.99. The van der Waals surface area contributed by atoms with Crippen molar-refractivity contribution in [3.63, 3.8) is 0 Å². The quantitative estimate of drug-likeness (QED) is 0.723. The molecule has 2 aromatic rings. The number of nitrogens with zero attached hydrogens (tertiary/aromatic N) is 4. The number of piperazine rings is 1. The summed E-state index contributed by atoms with van der Waals surface area (Å²) in [5.41, 5.74) is 4.62. The van der Waals surface area contributed by atoms with E-state index in [9.17, 15) is 8.42 Å². The molecule has 0 bridgehead atoms. The molecule has 1 unspecified atom stereocenters. The number of aryl methyl sites for hydroxylation is 2. The van der Waals surface area contributed by atoms with Gasteiger partial charge in [0.15, 0.2) is 0 Å². The van der Waals surface area contributed by atoms with Gasteiger partial charge in [-0.2, -0.15) is 4.31 Å². The van der Waals surface area contributed by atoms with E-state index in [1.54, 1.807) is 4.31 Å². The molecule has 158 valence electrons. The fourth-order valence-corrected chi connectivity index (χ4v) is 4.56. The van der Waals surface area contributed by atoms with E-state index in [-0.39, 0.29) is 5.92 Å². The van der Waals surface area contributed by atoms with Gasteiger partial charge in [-0.1, -0.05) is 43.7 Å². The Morgan fingerprint density at radius 2 is 1.79 bits per heavy atom. The smallest absolute Gasteiger partial charge is 0.211 e. The molecule has 29 heavy (non-hydrogen) atoms. The van der Waals surface area contributed by atoms with Crippen LogP contribution in [0.25, 0.3) is 0 Å². The van der Waals surface area contributed by atoms with Gasteiger partial charge in [-0.3, -0.25) is 0 Å². The highest BCUT2D eigenvalue weighted by molar-refractivity contribution is 7.88. The molecule has 0 radical (unpaired) electrons. The highest BCUT2D eigenvalue weighted by atomic mass is 32.2. The highest BCUT2D eigenvalue weighted by Crippen LogP contribution is 2.28. The van der Waals surface area contributed by atoms with Crippen LogP contribution in [0.5, 0.6) is 0 Å². The Morgan fingerprint density at radius 3 is 2.38 bits per heavy atom. The van der Waals surface area contributed by atoms with Crippen molar-refractivity contribution in [1.82, 2.24) is 14.3 Å². The first-order valence-corrected chi connectivity index (χ1v) is 12.2. The predicted octanol–water partition coefficient (Wildman–Crippen LogP) is 3.28. The molecule has 0 N–H and O–H groups in total. The summed E-state index contributed by atoms with van der Waals surface area (Å²) in [4.78, 5) is 12.0. The number of benzene rings is 1. The van der Waals surface area contributed by atoms with Gasteiger partial charge in [0.25, 0.3) is 0 Å². The third kappa shape index (κ3) is 5.14. The van der Waals surface area contributed by atoms with Gasteiger partial charge in [-0.05, 0) is 25.8 Å². The molecule has 1 saturated heterocycles. The summed E-state index contributed by atoms with van der Waals surface area (Å²) in [6, 6.07) is 8.52. The normalized spacial score (nSPS) is 16.8. The summed E-state index contributed by atoms with van der Waals surface area (Å²) in [5.74, 6) is 2.12. The molecular weight excluding hydrogens is 384 g/mol. The van der Waals surface area contributed by atoms with Crippen molar-refractivity contribution in [3.8, 4) is 0 Å². The van der Waals surface area contributed by atoms with Crippen molar-refractivity contribution in [2.75, 3.05) is 37.3 Å². The zero-order valence-corrected chi connectivity index (χ0v) is 19.0. The average molecular weight is 417 g/mol. The first-order chi connectivity index (χ1) is 13.7. The fourth-order valence-electron chi connectivity index (χ4n) is 3.73. The van der Waals surface area contributed by atoms with E-state index < -0.39 is 10.0 Å². The lowest BCUT2D eigenvalue weighted by atomic mass is 10.0. The van der Waals surface area contributed by atoms with Crippen LogP contribution in [0.1, 0.15) is 54.4 Å². The topological polar surface area (TPSA) is 66.4 Å². The van der Waals surface area contributed by atoms with Crippen molar-refractivity contribution in [2.24, 2.45) is 0 Å². The lowest BCUT2D eigenvalue weighted by Crippen LogP contribution is -2.49. The Balaban J connectivity index is 1.97. The van der Waals surface area contributed by atoms with Gasteiger partial charge >= 0.3 is 0 Å². The highest BCUT2D eigenvalue weighted by Gasteiger charge is 2.27. The lowest BCUT2D eigenvalue weighted by molar-refractivity contribution is 0.386. The van der Waals surface area contributed by atoms with Crippen LogP contribution in [0, 0.1) is 13.8 Å². The molecule has 0 spiro atoms. The second kappa shape index (κ2) is 8.79. The number of rotatable bonds is 6. The van der Waals surface area contributed by atoms with Gasteiger partial charge in [0.1, 0.15) is 11.6 Å². The minimum Gasteiger partial charge on any atom is -0.354 e. The van der Waals surface area contributed by atoms with Crippen LogP contribution >= 0.6 is 0 Å². The van der Waals surface area contributed by atoms with Crippen LogP contribution in [-0.2, 0) is 16.4 Å². The summed E-state index contributed by atoms with van der Waals surface area (Å²) >= 11 is 0. The standard InChI is InChI=1S/C22H32N4O2S/c1-6-17(3)21-23-18(4)20(15-19-9-7-8-16(2)14-19)22(24-21)25-10-12-26(13-11-25)29(5,27)28/h7-9,14,17H,6,10-13,15H2,1-5H3. The molecule has 1 aliphatic rings. The van der Waals surface area contributed by atoms with Gasteiger partial charge in [0.2, 0.25) is 10.0 Å². The minimum absolute atomic E-state index is 0.290. The van der Waals surface area contributed by atoms with E-state index in [4.69, 9.17) is 9.97 Å². The third-order valence-electron chi connectivity index (χ3n) is 5.73. The van der Waals surface area contributed by atoms with E-state index in [1.807, 2.05) is 0 Å². The van der Waals surface area contributed by atoms with E-state index in [2.05, 4.69) is 56.9 Å². The third-order valence-corrected chi connectivity index (χ3v) is 7.04. The summed E-state index contributed by atoms with van der Waals surface area (Å²) in [6.45, 7) is 10.7. The maximum absolute atomic E-state index is 11.9. The van der Waals surface area contributed by atoms with Gasteiger partial charge < -0.3 is 4.90 Å². The molecule has 1 atom stereocenters. The number of hydrogen-bond acceptors (Lipinski definition) is 5. The van der Waals surface area contributed by atoms with E-state index >= 15 is 0 Å². The molecule has 1 aromatic carbocycles. The maximum Gasteiger partial charge on any atom is 0.211 e. The van der Waals surface area contributed by atoms with Gasteiger partial charge in [-0.25, -0.2) is 18.4 Å². The SMILES string of the molecule is CCC(C)c1nc(C)c(Cc2cccc(C)c2)c(N2CCN(S(C)(=O)=O)CC2)n1. The van der Waals surface area contributed by atoms with Gasteiger partial charge in [0, 0.05) is 49.8 Å². The molecule has 0 saturated carbocycles. The average Bonchev–Trinajstić information content (AvgIpc) is 2.68. The minimum atomic E-state index is -3.15. The van der Waals surface area contributed by atoms with Crippen molar-refractivity contribution in [3.05, 3.63) is 52.5 Å². The molecule has 6 nitrogen and oxygen atoms in total. The van der Waals surface area contributed by atoms with E-state index in [0.29, 0.717) is 26.2 Å². The fraction of sp³-hybridized carbons (Fsp3) is 0.545.